The van der Waals surface area contributed by atoms with Gasteiger partial charge >= 0.3 is 5.97 Å². The molecule has 0 radical (unpaired) electrons. The van der Waals surface area contributed by atoms with Crippen LogP contribution in [0.5, 0.6) is 5.75 Å². The Morgan fingerprint density at radius 3 is 2.63 bits per heavy atom. The summed E-state index contributed by atoms with van der Waals surface area (Å²) in [6.07, 6.45) is 0.633. The first-order chi connectivity index (χ1) is 8.92. The second kappa shape index (κ2) is 7.09. The fourth-order valence-corrected chi connectivity index (χ4v) is 1.85. The minimum absolute atomic E-state index is 0.129. The molecule has 0 spiro atoms. The summed E-state index contributed by atoms with van der Waals surface area (Å²) in [6.45, 7) is 4.30. The van der Waals surface area contributed by atoms with Crippen molar-refractivity contribution in [2.45, 2.75) is 32.9 Å². The normalized spacial score (nSPS) is 12.5. The maximum absolute atomic E-state index is 13.1. The number of methoxy groups -OCH3 is 1. The summed E-state index contributed by atoms with van der Waals surface area (Å²) in [4.78, 5) is 11.6. The molecule has 0 fully saturated rings. The molecule has 2 N–H and O–H groups in total. The highest BCUT2D eigenvalue weighted by atomic mass is 19.1. The Balaban J connectivity index is 2.67. The average molecular weight is 269 g/mol. The number of phenols is 1. The molecule has 0 aromatic heterocycles. The molecule has 0 saturated carbocycles. The Labute approximate surface area is 112 Å². The van der Waals surface area contributed by atoms with Gasteiger partial charge in [0.15, 0.2) is 0 Å². The van der Waals surface area contributed by atoms with Crippen molar-refractivity contribution in [2.24, 2.45) is 5.92 Å². The number of hydrogen-bond acceptors (Lipinski definition) is 4. The van der Waals surface area contributed by atoms with E-state index in [1.165, 1.54) is 19.2 Å². The third kappa shape index (κ3) is 5.26. The molecule has 1 atom stereocenters. The van der Waals surface area contributed by atoms with Gasteiger partial charge in [0.05, 0.1) is 7.11 Å². The van der Waals surface area contributed by atoms with Crippen LogP contribution in [0.4, 0.5) is 4.39 Å². The molecule has 0 aliphatic rings. The Hall–Kier alpha value is -1.62. The molecule has 0 heterocycles. The van der Waals surface area contributed by atoms with Crippen LogP contribution in [-0.4, -0.2) is 24.2 Å². The lowest BCUT2D eigenvalue weighted by Crippen LogP contribution is -2.38. The maximum Gasteiger partial charge on any atom is 0.322 e. The molecule has 1 unspecified atom stereocenters. The number of halogens is 1. The minimum atomic E-state index is -0.504. The molecule has 0 saturated heterocycles. The van der Waals surface area contributed by atoms with Crippen molar-refractivity contribution in [1.29, 1.82) is 0 Å². The number of esters is 1. The van der Waals surface area contributed by atoms with Gasteiger partial charge in [-0.15, -0.1) is 0 Å². The predicted molar refractivity (Wildman–Crippen MR) is 70.2 cm³/mol. The first kappa shape index (κ1) is 15.4. The zero-order valence-electron chi connectivity index (χ0n) is 11.4. The van der Waals surface area contributed by atoms with E-state index in [0.29, 0.717) is 17.9 Å². The van der Waals surface area contributed by atoms with Crippen molar-refractivity contribution in [3.05, 3.63) is 29.6 Å². The van der Waals surface area contributed by atoms with Crippen molar-refractivity contribution >= 4 is 5.97 Å². The maximum atomic E-state index is 13.1. The molecule has 0 amide bonds. The number of ether oxygens (including phenoxy) is 1. The smallest absolute Gasteiger partial charge is 0.322 e. The third-order valence-corrected chi connectivity index (χ3v) is 2.69. The van der Waals surface area contributed by atoms with Crippen LogP contribution in [0.15, 0.2) is 18.2 Å². The van der Waals surface area contributed by atoms with E-state index in [4.69, 9.17) is 4.74 Å². The first-order valence-corrected chi connectivity index (χ1v) is 6.22. The second-order valence-electron chi connectivity index (χ2n) is 4.90. The zero-order valence-corrected chi connectivity index (χ0v) is 11.4. The molecule has 0 bridgehead atoms. The lowest BCUT2D eigenvalue weighted by Gasteiger charge is -2.18. The van der Waals surface area contributed by atoms with Crippen molar-refractivity contribution in [3.8, 4) is 5.75 Å². The Bertz CT molecular complexity index is 414. The first-order valence-electron chi connectivity index (χ1n) is 6.22. The monoisotopic (exact) mass is 269 g/mol. The number of rotatable bonds is 6. The average Bonchev–Trinajstić information content (AvgIpc) is 2.31. The van der Waals surface area contributed by atoms with Crippen molar-refractivity contribution in [1.82, 2.24) is 5.32 Å². The topological polar surface area (TPSA) is 58.6 Å². The molecular formula is C14H20FNO3. The molecular weight excluding hydrogens is 249 g/mol. The van der Waals surface area contributed by atoms with E-state index in [-0.39, 0.29) is 18.3 Å². The minimum Gasteiger partial charge on any atom is -0.508 e. The fraction of sp³-hybridized carbons (Fsp3) is 0.500. The number of carbonyl (C=O) groups excluding carboxylic acids is 1. The van der Waals surface area contributed by atoms with Gasteiger partial charge < -0.3 is 15.2 Å². The van der Waals surface area contributed by atoms with E-state index >= 15 is 0 Å². The third-order valence-electron chi connectivity index (χ3n) is 2.69. The second-order valence-corrected chi connectivity index (χ2v) is 4.90. The number of phenolic OH excluding ortho intramolecular Hbond substituents is 1. The number of carbonyl (C=O) groups is 1. The fourth-order valence-electron chi connectivity index (χ4n) is 1.85. The summed E-state index contributed by atoms with van der Waals surface area (Å²) in [6, 6.07) is 3.38. The van der Waals surface area contributed by atoms with E-state index in [1.807, 2.05) is 13.8 Å². The Morgan fingerprint density at radius 1 is 1.42 bits per heavy atom. The van der Waals surface area contributed by atoms with E-state index in [9.17, 15) is 14.3 Å². The molecule has 5 heteroatoms. The summed E-state index contributed by atoms with van der Waals surface area (Å²) < 4.78 is 17.8. The lowest BCUT2D eigenvalue weighted by atomic mass is 10.0. The molecule has 1 rings (SSSR count). The van der Waals surface area contributed by atoms with Crippen LogP contribution < -0.4 is 5.32 Å². The van der Waals surface area contributed by atoms with Crippen molar-refractivity contribution < 1.29 is 19.0 Å². The molecule has 4 nitrogen and oxygen atoms in total. The number of hydrogen-bond donors (Lipinski definition) is 2. The van der Waals surface area contributed by atoms with Crippen LogP contribution in [0.25, 0.3) is 0 Å². The number of benzene rings is 1. The van der Waals surface area contributed by atoms with Gasteiger partial charge in [-0.25, -0.2) is 4.39 Å². The summed E-state index contributed by atoms with van der Waals surface area (Å²) in [7, 11) is 1.34. The van der Waals surface area contributed by atoms with Crippen LogP contribution in [0.3, 0.4) is 0 Å². The molecule has 106 valence electrons. The van der Waals surface area contributed by atoms with Gasteiger partial charge in [-0.3, -0.25) is 4.79 Å². The summed E-state index contributed by atoms with van der Waals surface area (Å²) >= 11 is 0. The molecule has 1 aromatic rings. The molecule has 1 aromatic carbocycles. The molecule has 0 aliphatic carbocycles. The van der Waals surface area contributed by atoms with Crippen LogP contribution >= 0.6 is 0 Å². The van der Waals surface area contributed by atoms with Gasteiger partial charge in [0.2, 0.25) is 0 Å². The van der Waals surface area contributed by atoms with E-state index in [2.05, 4.69) is 5.32 Å². The van der Waals surface area contributed by atoms with Crippen molar-refractivity contribution in [3.63, 3.8) is 0 Å². The predicted octanol–water partition coefficient (Wildman–Crippen LogP) is 2.21. The van der Waals surface area contributed by atoms with Gasteiger partial charge in [0, 0.05) is 12.6 Å². The highest BCUT2D eigenvalue weighted by molar-refractivity contribution is 5.75. The molecule has 19 heavy (non-hydrogen) atoms. The van der Waals surface area contributed by atoms with E-state index in [1.54, 1.807) is 0 Å². The van der Waals surface area contributed by atoms with Crippen LogP contribution in [0.2, 0.25) is 0 Å². The van der Waals surface area contributed by atoms with E-state index in [0.717, 1.165) is 6.07 Å². The van der Waals surface area contributed by atoms with Crippen LogP contribution in [0, 0.1) is 11.7 Å². The van der Waals surface area contributed by atoms with Crippen molar-refractivity contribution in [2.75, 3.05) is 7.11 Å². The standard InChI is InChI=1S/C14H20FNO3/c1-9(2)4-13(14(18)19-3)16-8-10-5-11(15)7-12(17)6-10/h5-7,9,13,16-17H,4,8H2,1-3H3. The van der Waals surface area contributed by atoms with Crippen LogP contribution in [0.1, 0.15) is 25.8 Å². The van der Waals surface area contributed by atoms with Gasteiger partial charge in [-0.1, -0.05) is 13.8 Å². The Morgan fingerprint density at radius 2 is 2.11 bits per heavy atom. The summed E-state index contributed by atoms with van der Waals surface area (Å²) in [5.74, 6) is -0.641. The quantitative estimate of drug-likeness (QED) is 0.777. The summed E-state index contributed by atoms with van der Waals surface area (Å²) in [5, 5.41) is 12.3. The van der Waals surface area contributed by atoms with Gasteiger partial charge in [-0.2, -0.15) is 0 Å². The van der Waals surface area contributed by atoms with E-state index < -0.39 is 11.9 Å². The number of nitrogens with one attached hydrogen (secondary N) is 1. The lowest BCUT2D eigenvalue weighted by molar-refractivity contribution is -0.143. The summed E-state index contributed by atoms with van der Waals surface area (Å²) in [5.41, 5.74) is 0.579. The van der Waals surface area contributed by atoms with Gasteiger partial charge in [0.25, 0.3) is 0 Å². The van der Waals surface area contributed by atoms with Crippen LogP contribution in [-0.2, 0) is 16.1 Å². The highest BCUT2D eigenvalue weighted by Gasteiger charge is 2.19. The van der Waals surface area contributed by atoms with Gasteiger partial charge in [-0.05, 0) is 30.0 Å². The highest BCUT2D eigenvalue weighted by Crippen LogP contribution is 2.15. The largest absolute Gasteiger partial charge is 0.508 e. The Kier molecular flexibility index (Phi) is 5.76. The SMILES string of the molecule is COC(=O)C(CC(C)C)NCc1cc(O)cc(F)c1. The zero-order chi connectivity index (χ0) is 14.4. The van der Waals surface area contributed by atoms with Gasteiger partial charge in [0.1, 0.15) is 17.6 Å². The molecule has 0 aliphatic heterocycles. The number of aromatic hydroxyl groups is 1.